The Morgan fingerprint density at radius 3 is 2.07 bits per heavy atom. The van der Waals surface area contributed by atoms with E-state index < -0.39 is 5.60 Å². The Bertz CT molecular complexity index is 140. The van der Waals surface area contributed by atoms with Crippen LogP contribution in [-0.2, 0) is 0 Å². The van der Waals surface area contributed by atoms with Crippen LogP contribution in [0.2, 0.25) is 0 Å². The zero-order chi connectivity index (χ0) is 11.4. The third-order valence-corrected chi connectivity index (χ3v) is 3.18. The van der Waals surface area contributed by atoms with E-state index in [4.69, 9.17) is 0 Å². The van der Waals surface area contributed by atoms with Gasteiger partial charge >= 0.3 is 0 Å². The number of thioether (sulfide) groups is 1. The van der Waals surface area contributed by atoms with Crippen LogP contribution in [-0.4, -0.2) is 33.8 Å². The summed E-state index contributed by atoms with van der Waals surface area (Å²) >= 11 is 1.95. The van der Waals surface area contributed by atoms with Gasteiger partial charge in [-0.1, -0.05) is 20.8 Å². The maximum atomic E-state index is 9.53. The van der Waals surface area contributed by atoms with Crippen LogP contribution in [0.4, 0.5) is 0 Å². The van der Waals surface area contributed by atoms with E-state index in [2.05, 4.69) is 33.0 Å². The third kappa shape index (κ3) is 10.4. The van der Waals surface area contributed by atoms with Gasteiger partial charge in [0.15, 0.2) is 0 Å². The molecule has 86 valence electrons. The summed E-state index contributed by atoms with van der Waals surface area (Å²) < 4.78 is 0.324. The van der Waals surface area contributed by atoms with E-state index in [0.717, 1.165) is 5.75 Å². The minimum absolute atomic E-state index is 0.324. The first kappa shape index (κ1) is 14.3. The largest absolute Gasteiger partial charge is 0.389 e. The van der Waals surface area contributed by atoms with Crippen molar-refractivity contribution in [3.8, 4) is 0 Å². The van der Waals surface area contributed by atoms with E-state index in [1.165, 1.54) is 0 Å². The van der Waals surface area contributed by atoms with Crippen LogP contribution in [0.25, 0.3) is 0 Å². The molecule has 14 heavy (non-hydrogen) atoms. The SMILES string of the molecule is CC(CSC(C)(C)C)NCC(C)(C)O. The molecule has 1 atom stereocenters. The summed E-state index contributed by atoms with van der Waals surface area (Å²) in [4.78, 5) is 0. The average Bonchev–Trinajstić information content (AvgIpc) is 1.94. The summed E-state index contributed by atoms with van der Waals surface area (Å²) in [6.45, 7) is 13.1. The van der Waals surface area contributed by atoms with Crippen LogP contribution < -0.4 is 5.32 Å². The van der Waals surface area contributed by atoms with E-state index in [9.17, 15) is 5.11 Å². The molecule has 0 radical (unpaired) electrons. The Morgan fingerprint density at radius 2 is 1.71 bits per heavy atom. The van der Waals surface area contributed by atoms with Gasteiger partial charge in [-0.05, 0) is 20.8 Å². The topological polar surface area (TPSA) is 32.3 Å². The van der Waals surface area contributed by atoms with Gasteiger partial charge in [0.2, 0.25) is 0 Å². The minimum Gasteiger partial charge on any atom is -0.389 e. The van der Waals surface area contributed by atoms with Gasteiger partial charge in [0, 0.05) is 23.1 Å². The fourth-order valence-electron chi connectivity index (χ4n) is 0.858. The normalized spacial score (nSPS) is 15.6. The third-order valence-electron chi connectivity index (χ3n) is 1.65. The van der Waals surface area contributed by atoms with Gasteiger partial charge < -0.3 is 10.4 Å². The Morgan fingerprint density at radius 1 is 1.21 bits per heavy atom. The van der Waals surface area contributed by atoms with Gasteiger partial charge in [0.05, 0.1) is 5.60 Å². The minimum atomic E-state index is -0.610. The summed E-state index contributed by atoms with van der Waals surface area (Å²) in [5.41, 5.74) is -0.610. The summed E-state index contributed by atoms with van der Waals surface area (Å²) in [7, 11) is 0. The van der Waals surface area contributed by atoms with Crippen LogP contribution in [0.1, 0.15) is 41.5 Å². The van der Waals surface area contributed by atoms with Gasteiger partial charge in [-0.2, -0.15) is 11.8 Å². The standard InChI is InChI=1S/C11H25NOS/c1-9(7-14-10(2,3)4)12-8-11(5,6)13/h9,12-13H,7-8H2,1-6H3. The highest BCUT2D eigenvalue weighted by Crippen LogP contribution is 2.23. The number of aliphatic hydroxyl groups is 1. The molecule has 3 heteroatoms. The Hall–Kier alpha value is 0.270. The zero-order valence-corrected chi connectivity index (χ0v) is 11.2. The molecule has 0 fully saturated rings. The van der Waals surface area contributed by atoms with Crippen LogP contribution >= 0.6 is 11.8 Å². The van der Waals surface area contributed by atoms with Crippen molar-refractivity contribution in [3.05, 3.63) is 0 Å². The van der Waals surface area contributed by atoms with Crippen LogP contribution in [0, 0.1) is 0 Å². The molecule has 0 amide bonds. The first-order chi connectivity index (χ1) is 6.10. The van der Waals surface area contributed by atoms with Crippen LogP contribution in [0.3, 0.4) is 0 Å². The number of hydrogen-bond donors (Lipinski definition) is 2. The maximum absolute atomic E-state index is 9.53. The van der Waals surface area contributed by atoms with Gasteiger partial charge in [0.1, 0.15) is 0 Å². The Labute approximate surface area is 92.9 Å². The summed E-state index contributed by atoms with van der Waals surface area (Å²) in [6.07, 6.45) is 0. The van der Waals surface area contributed by atoms with Crippen molar-refractivity contribution >= 4 is 11.8 Å². The van der Waals surface area contributed by atoms with Gasteiger partial charge in [-0.3, -0.25) is 0 Å². The highest BCUT2D eigenvalue weighted by atomic mass is 32.2. The highest BCUT2D eigenvalue weighted by Gasteiger charge is 2.16. The number of hydrogen-bond acceptors (Lipinski definition) is 3. The van der Waals surface area contributed by atoms with Crippen LogP contribution in [0.5, 0.6) is 0 Å². The maximum Gasteiger partial charge on any atom is 0.0715 e. The van der Waals surface area contributed by atoms with Crippen molar-refractivity contribution in [3.63, 3.8) is 0 Å². The Kier molecular flexibility index (Phi) is 5.48. The summed E-state index contributed by atoms with van der Waals surface area (Å²) in [6, 6.07) is 0.450. The lowest BCUT2D eigenvalue weighted by atomic mass is 10.1. The smallest absolute Gasteiger partial charge is 0.0715 e. The first-order valence-electron chi connectivity index (χ1n) is 5.20. The molecule has 0 aromatic heterocycles. The molecule has 0 rings (SSSR count). The molecule has 0 aliphatic carbocycles. The molecule has 0 aliphatic rings. The van der Waals surface area contributed by atoms with Crippen molar-refractivity contribution < 1.29 is 5.11 Å². The quantitative estimate of drug-likeness (QED) is 0.744. The van der Waals surface area contributed by atoms with Crippen molar-refractivity contribution in [2.75, 3.05) is 12.3 Å². The van der Waals surface area contributed by atoms with Gasteiger partial charge in [-0.25, -0.2) is 0 Å². The fourth-order valence-corrected chi connectivity index (χ4v) is 1.73. The second-order valence-corrected chi connectivity index (χ2v) is 7.36. The second-order valence-electron chi connectivity index (χ2n) is 5.52. The van der Waals surface area contributed by atoms with E-state index in [0.29, 0.717) is 17.3 Å². The predicted octanol–water partition coefficient (Wildman–Crippen LogP) is 2.27. The molecule has 0 aromatic carbocycles. The van der Waals surface area contributed by atoms with Crippen molar-refractivity contribution in [2.45, 2.75) is 57.9 Å². The lowest BCUT2D eigenvalue weighted by Gasteiger charge is -2.24. The van der Waals surface area contributed by atoms with E-state index in [1.54, 1.807) is 0 Å². The first-order valence-corrected chi connectivity index (χ1v) is 6.18. The van der Waals surface area contributed by atoms with Crippen molar-refractivity contribution in [1.82, 2.24) is 5.32 Å². The highest BCUT2D eigenvalue weighted by molar-refractivity contribution is 8.00. The molecule has 0 saturated heterocycles. The van der Waals surface area contributed by atoms with Gasteiger partial charge in [-0.15, -0.1) is 0 Å². The monoisotopic (exact) mass is 219 g/mol. The average molecular weight is 219 g/mol. The molecule has 0 saturated carbocycles. The molecular weight excluding hydrogens is 194 g/mol. The molecule has 2 N–H and O–H groups in total. The molecule has 2 nitrogen and oxygen atoms in total. The molecule has 1 unspecified atom stereocenters. The lowest BCUT2D eigenvalue weighted by Crippen LogP contribution is -2.40. The van der Waals surface area contributed by atoms with E-state index >= 15 is 0 Å². The van der Waals surface area contributed by atoms with E-state index in [-0.39, 0.29) is 0 Å². The summed E-state index contributed by atoms with van der Waals surface area (Å²) in [5, 5.41) is 12.8. The molecule has 0 aromatic rings. The van der Waals surface area contributed by atoms with Gasteiger partial charge in [0.25, 0.3) is 0 Å². The van der Waals surface area contributed by atoms with Crippen molar-refractivity contribution in [2.24, 2.45) is 0 Å². The number of rotatable bonds is 5. The van der Waals surface area contributed by atoms with Crippen molar-refractivity contribution in [1.29, 1.82) is 0 Å². The van der Waals surface area contributed by atoms with E-state index in [1.807, 2.05) is 25.6 Å². The number of nitrogens with one attached hydrogen (secondary N) is 1. The second kappa shape index (κ2) is 5.38. The Balaban J connectivity index is 3.62. The predicted molar refractivity (Wildman–Crippen MR) is 66.0 cm³/mol. The molecule has 0 spiro atoms. The lowest BCUT2D eigenvalue weighted by molar-refractivity contribution is 0.0778. The van der Waals surface area contributed by atoms with Crippen LogP contribution in [0.15, 0.2) is 0 Å². The molecular formula is C11H25NOS. The molecule has 0 heterocycles. The zero-order valence-electron chi connectivity index (χ0n) is 10.3. The summed E-state index contributed by atoms with van der Waals surface area (Å²) in [5.74, 6) is 1.08. The fraction of sp³-hybridized carbons (Fsp3) is 1.00. The molecule has 0 aliphatic heterocycles. The molecule has 0 bridgehead atoms.